The van der Waals surface area contributed by atoms with Gasteiger partial charge in [-0.3, -0.25) is 18.7 Å². The number of nitrogens with zero attached hydrogens (tertiary/aromatic N) is 3. The summed E-state index contributed by atoms with van der Waals surface area (Å²) < 4.78 is 1.81. The zero-order valence-corrected chi connectivity index (χ0v) is 10.1. The smallest absolute Gasteiger partial charge is 0.332 e. The van der Waals surface area contributed by atoms with Gasteiger partial charge in [0, 0.05) is 14.1 Å². The molecule has 0 aromatic carbocycles. The molecular weight excluding hydrogens is 240 g/mol. The maximum Gasteiger partial charge on any atom is 0.332 e. The second-order valence-electron chi connectivity index (χ2n) is 3.75. The molecule has 96 valence electrons. The standard InChI is InChI=1S/C10H12N4O4/c1-5(9(16)17)12-7-6(4-11)8(15)14(3)10(18)13(7)2/h5,12H,1-3H3,(H,16,17)/t5-/m1/s1. The first kappa shape index (κ1) is 13.5. The minimum atomic E-state index is -1.16. The van der Waals surface area contributed by atoms with E-state index in [1.54, 1.807) is 6.07 Å². The summed E-state index contributed by atoms with van der Waals surface area (Å²) in [5.41, 5.74) is -1.70. The van der Waals surface area contributed by atoms with Gasteiger partial charge in [0.1, 0.15) is 17.9 Å². The molecule has 8 nitrogen and oxygen atoms in total. The lowest BCUT2D eigenvalue weighted by atomic mass is 10.2. The van der Waals surface area contributed by atoms with Crippen LogP contribution in [0.2, 0.25) is 0 Å². The molecule has 0 amide bonds. The van der Waals surface area contributed by atoms with Gasteiger partial charge in [-0.25, -0.2) is 4.79 Å². The van der Waals surface area contributed by atoms with E-state index < -0.39 is 23.3 Å². The van der Waals surface area contributed by atoms with Crippen LogP contribution in [0.5, 0.6) is 0 Å². The maximum absolute atomic E-state index is 11.7. The van der Waals surface area contributed by atoms with Crippen LogP contribution in [0, 0.1) is 11.3 Å². The van der Waals surface area contributed by atoms with E-state index >= 15 is 0 Å². The van der Waals surface area contributed by atoms with Gasteiger partial charge in [0.15, 0.2) is 5.56 Å². The first-order valence-electron chi connectivity index (χ1n) is 5.00. The quantitative estimate of drug-likeness (QED) is 0.700. The number of carbonyl (C=O) groups is 1. The average Bonchev–Trinajstić information content (AvgIpc) is 2.33. The van der Waals surface area contributed by atoms with Crippen molar-refractivity contribution in [2.24, 2.45) is 14.1 Å². The van der Waals surface area contributed by atoms with E-state index in [2.05, 4.69) is 5.32 Å². The molecule has 0 saturated heterocycles. The Morgan fingerprint density at radius 2 is 1.94 bits per heavy atom. The second-order valence-corrected chi connectivity index (χ2v) is 3.75. The molecule has 0 aliphatic heterocycles. The molecule has 0 saturated carbocycles. The van der Waals surface area contributed by atoms with Crippen LogP contribution in [0.4, 0.5) is 5.82 Å². The minimum Gasteiger partial charge on any atom is -0.480 e. The van der Waals surface area contributed by atoms with Gasteiger partial charge in [-0.05, 0) is 6.92 Å². The first-order chi connectivity index (χ1) is 8.31. The number of rotatable bonds is 3. The van der Waals surface area contributed by atoms with Crippen molar-refractivity contribution in [2.75, 3.05) is 5.32 Å². The molecule has 0 bridgehead atoms. The second kappa shape index (κ2) is 4.75. The summed E-state index contributed by atoms with van der Waals surface area (Å²) in [4.78, 5) is 34.1. The lowest BCUT2D eigenvalue weighted by Crippen LogP contribution is -2.41. The van der Waals surface area contributed by atoms with E-state index in [0.717, 1.165) is 9.13 Å². The summed E-state index contributed by atoms with van der Waals surface area (Å²) in [6, 6.07) is 0.636. The molecule has 1 heterocycles. The van der Waals surface area contributed by atoms with E-state index in [1.165, 1.54) is 21.0 Å². The van der Waals surface area contributed by atoms with Crippen molar-refractivity contribution in [1.82, 2.24) is 9.13 Å². The molecule has 2 N–H and O–H groups in total. The molecule has 1 aromatic rings. The molecule has 0 fully saturated rings. The van der Waals surface area contributed by atoms with Crippen LogP contribution in [0.25, 0.3) is 0 Å². The molecule has 8 heteroatoms. The molecule has 1 rings (SSSR count). The predicted molar refractivity (Wildman–Crippen MR) is 62.4 cm³/mol. The van der Waals surface area contributed by atoms with Gasteiger partial charge >= 0.3 is 11.7 Å². The topological polar surface area (TPSA) is 117 Å². The zero-order valence-electron chi connectivity index (χ0n) is 10.1. The first-order valence-corrected chi connectivity index (χ1v) is 5.00. The number of nitriles is 1. The van der Waals surface area contributed by atoms with Gasteiger partial charge in [-0.2, -0.15) is 5.26 Å². The van der Waals surface area contributed by atoms with Crippen molar-refractivity contribution in [2.45, 2.75) is 13.0 Å². The Morgan fingerprint density at radius 1 is 1.39 bits per heavy atom. The highest BCUT2D eigenvalue weighted by atomic mass is 16.4. The van der Waals surface area contributed by atoms with Gasteiger partial charge in [0.2, 0.25) is 0 Å². The molecule has 1 atom stereocenters. The van der Waals surface area contributed by atoms with Gasteiger partial charge in [0.05, 0.1) is 0 Å². The highest BCUT2D eigenvalue weighted by Gasteiger charge is 2.19. The summed E-state index contributed by atoms with van der Waals surface area (Å²) >= 11 is 0. The van der Waals surface area contributed by atoms with Crippen molar-refractivity contribution in [3.63, 3.8) is 0 Å². The van der Waals surface area contributed by atoms with E-state index in [0.29, 0.717) is 0 Å². The zero-order chi connectivity index (χ0) is 14.0. The van der Waals surface area contributed by atoms with Crippen LogP contribution in [0.1, 0.15) is 12.5 Å². The largest absolute Gasteiger partial charge is 0.480 e. The van der Waals surface area contributed by atoms with Crippen molar-refractivity contribution in [3.8, 4) is 6.07 Å². The fraction of sp³-hybridized carbons (Fsp3) is 0.400. The Bertz CT molecular complexity index is 650. The highest BCUT2D eigenvalue weighted by molar-refractivity contribution is 5.77. The number of aliphatic carboxylic acids is 1. The number of hydrogen-bond acceptors (Lipinski definition) is 5. The normalized spacial score (nSPS) is 11.7. The van der Waals surface area contributed by atoms with Crippen LogP contribution < -0.4 is 16.6 Å². The Hall–Kier alpha value is -2.56. The van der Waals surface area contributed by atoms with Crippen molar-refractivity contribution in [1.29, 1.82) is 5.26 Å². The summed E-state index contributed by atoms with van der Waals surface area (Å²) in [5, 5.41) is 20.2. The number of carboxylic acids is 1. The molecule has 0 aliphatic carbocycles. The SMILES string of the molecule is C[C@@H](Nc1c(C#N)c(=O)n(C)c(=O)n1C)C(=O)O. The summed E-state index contributed by atoms with van der Waals surface area (Å²) in [5.74, 6) is -1.26. The third kappa shape index (κ3) is 2.10. The van der Waals surface area contributed by atoms with Gasteiger partial charge in [0.25, 0.3) is 5.56 Å². The van der Waals surface area contributed by atoms with Crippen molar-refractivity contribution < 1.29 is 9.90 Å². The molecule has 0 aliphatic rings. The Labute approximate surface area is 102 Å². The summed E-state index contributed by atoms with van der Waals surface area (Å²) in [6.45, 7) is 1.34. The minimum absolute atomic E-state index is 0.0968. The van der Waals surface area contributed by atoms with E-state index in [-0.39, 0.29) is 11.4 Å². The van der Waals surface area contributed by atoms with Gasteiger partial charge < -0.3 is 10.4 Å². The molecule has 0 radical (unpaired) electrons. The molecule has 0 spiro atoms. The van der Waals surface area contributed by atoms with E-state index in [1.807, 2.05) is 0 Å². The maximum atomic E-state index is 11.7. The number of carboxylic acid groups (broad SMARTS) is 1. The predicted octanol–water partition coefficient (Wildman–Crippen LogP) is -1.16. The van der Waals surface area contributed by atoms with Crippen LogP contribution in [0.15, 0.2) is 9.59 Å². The third-order valence-electron chi connectivity index (χ3n) is 2.50. The van der Waals surface area contributed by atoms with Gasteiger partial charge in [-0.1, -0.05) is 0 Å². The molecule has 1 aromatic heterocycles. The Kier molecular flexibility index (Phi) is 3.56. The third-order valence-corrected chi connectivity index (χ3v) is 2.50. The Morgan fingerprint density at radius 3 is 2.39 bits per heavy atom. The number of anilines is 1. The molecule has 18 heavy (non-hydrogen) atoms. The number of hydrogen-bond donors (Lipinski definition) is 2. The van der Waals surface area contributed by atoms with E-state index in [9.17, 15) is 14.4 Å². The number of aromatic nitrogens is 2. The fourth-order valence-corrected chi connectivity index (χ4v) is 1.38. The van der Waals surface area contributed by atoms with Crippen LogP contribution in [0.3, 0.4) is 0 Å². The van der Waals surface area contributed by atoms with Crippen LogP contribution in [-0.4, -0.2) is 26.3 Å². The molecular formula is C10H12N4O4. The summed E-state index contributed by atoms with van der Waals surface area (Å²) in [7, 11) is 2.59. The fourth-order valence-electron chi connectivity index (χ4n) is 1.38. The van der Waals surface area contributed by atoms with E-state index in [4.69, 9.17) is 10.4 Å². The van der Waals surface area contributed by atoms with Crippen LogP contribution in [-0.2, 0) is 18.9 Å². The number of nitrogens with one attached hydrogen (secondary N) is 1. The van der Waals surface area contributed by atoms with Crippen molar-refractivity contribution >= 4 is 11.8 Å². The van der Waals surface area contributed by atoms with Crippen LogP contribution >= 0.6 is 0 Å². The monoisotopic (exact) mass is 252 g/mol. The summed E-state index contributed by atoms with van der Waals surface area (Å²) in [6.07, 6.45) is 0. The Balaban J connectivity index is 3.54. The lowest BCUT2D eigenvalue weighted by Gasteiger charge is -2.15. The lowest BCUT2D eigenvalue weighted by molar-refractivity contribution is -0.137. The van der Waals surface area contributed by atoms with Gasteiger partial charge in [-0.15, -0.1) is 0 Å². The highest BCUT2D eigenvalue weighted by Crippen LogP contribution is 2.08. The van der Waals surface area contributed by atoms with Crippen molar-refractivity contribution in [3.05, 3.63) is 26.4 Å². The average molecular weight is 252 g/mol. The molecule has 0 unspecified atom stereocenters.